The van der Waals surface area contributed by atoms with Gasteiger partial charge in [0.1, 0.15) is 11.4 Å². The first-order valence-corrected chi connectivity index (χ1v) is 6.76. The predicted octanol–water partition coefficient (Wildman–Crippen LogP) is 2.95. The Bertz CT molecular complexity index is 698. The molecule has 0 aliphatic heterocycles. The van der Waals surface area contributed by atoms with E-state index in [2.05, 4.69) is 18.9 Å². The molecule has 4 heteroatoms. The number of hydrogen-bond acceptors (Lipinski definition) is 3. The first kappa shape index (κ1) is 12.9. The second-order valence-electron chi connectivity index (χ2n) is 6.25. The number of carbonyl (C=O) groups is 1. The van der Waals surface area contributed by atoms with E-state index in [9.17, 15) is 9.90 Å². The van der Waals surface area contributed by atoms with Gasteiger partial charge in [-0.1, -0.05) is 26.0 Å². The smallest absolute Gasteiger partial charge is 0.167 e. The fraction of sp³-hybridized carbons (Fsp3) is 0.375. The van der Waals surface area contributed by atoms with Gasteiger partial charge in [0, 0.05) is 19.0 Å². The molecule has 0 atom stereocenters. The van der Waals surface area contributed by atoms with Crippen molar-refractivity contribution in [3.63, 3.8) is 0 Å². The molecule has 2 aromatic rings. The molecule has 0 saturated heterocycles. The first-order valence-electron chi connectivity index (χ1n) is 6.76. The number of para-hydroxylation sites is 1. The molecule has 4 nitrogen and oxygen atoms in total. The third kappa shape index (κ3) is 1.92. The number of rotatable bonds is 1. The summed E-state index contributed by atoms with van der Waals surface area (Å²) in [6, 6.07) is 7.02. The molecule has 104 valence electrons. The summed E-state index contributed by atoms with van der Waals surface area (Å²) in [6.07, 6.45) is 1.34. The lowest BCUT2D eigenvalue weighted by Gasteiger charge is -2.28. The molecule has 0 spiro atoms. The van der Waals surface area contributed by atoms with Crippen molar-refractivity contribution in [3.8, 4) is 17.0 Å². The van der Waals surface area contributed by atoms with Gasteiger partial charge < -0.3 is 5.11 Å². The maximum absolute atomic E-state index is 12.5. The molecule has 0 radical (unpaired) electrons. The minimum absolute atomic E-state index is 0.0339. The minimum Gasteiger partial charge on any atom is -0.507 e. The van der Waals surface area contributed by atoms with Crippen LogP contribution >= 0.6 is 0 Å². The number of benzene rings is 1. The Morgan fingerprint density at radius 2 is 1.95 bits per heavy atom. The monoisotopic (exact) mass is 270 g/mol. The highest BCUT2D eigenvalue weighted by Gasteiger charge is 2.36. The van der Waals surface area contributed by atoms with E-state index in [1.807, 2.05) is 13.1 Å². The average molecular weight is 270 g/mol. The van der Waals surface area contributed by atoms with E-state index in [4.69, 9.17) is 0 Å². The lowest BCUT2D eigenvalue weighted by Crippen LogP contribution is -2.27. The van der Waals surface area contributed by atoms with Crippen molar-refractivity contribution in [3.05, 3.63) is 35.5 Å². The summed E-state index contributed by atoms with van der Waals surface area (Å²) in [5.41, 5.74) is 2.82. The molecule has 1 aromatic heterocycles. The summed E-state index contributed by atoms with van der Waals surface area (Å²) < 4.78 is 1.77. The van der Waals surface area contributed by atoms with Crippen molar-refractivity contribution in [2.75, 3.05) is 0 Å². The van der Waals surface area contributed by atoms with Gasteiger partial charge in [-0.25, -0.2) is 0 Å². The number of fused-ring (bicyclic) bond motifs is 1. The standard InChI is InChI=1S/C16H18N2O2/c1-16(2)8-11-14(13(20)9-16)15(17-18(11)3)10-6-4-5-7-12(10)19/h4-7,19H,8-9H2,1-3H3. The van der Waals surface area contributed by atoms with Crippen LogP contribution in [-0.2, 0) is 13.5 Å². The van der Waals surface area contributed by atoms with Crippen LogP contribution in [0.25, 0.3) is 11.3 Å². The van der Waals surface area contributed by atoms with E-state index in [-0.39, 0.29) is 16.9 Å². The third-order valence-electron chi connectivity index (χ3n) is 3.89. The molecule has 20 heavy (non-hydrogen) atoms. The van der Waals surface area contributed by atoms with Gasteiger partial charge in [-0.15, -0.1) is 0 Å². The van der Waals surface area contributed by atoms with Gasteiger partial charge in [0.05, 0.1) is 11.3 Å². The van der Waals surface area contributed by atoms with E-state index in [1.54, 1.807) is 22.9 Å². The summed E-state index contributed by atoms with van der Waals surface area (Å²) in [5.74, 6) is 0.272. The first-order chi connectivity index (χ1) is 9.39. The van der Waals surface area contributed by atoms with Crippen LogP contribution in [0.2, 0.25) is 0 Å². The van der Waals surface area contributed by atoms with Crippen LogP contribution in [0.15, 0.2) is 24.3 Å². The lowest BCUT2D eigenvalue weighted by atomic mass is 9.75. The average Bonchev–Trinajstić information content (AvgIpc) is 2.66. The third-order valence-corrected chi connectivity index (χ3v) is 3.89. The fourth-order valence-corrected chi connectivity index (χ4v) is 2.96. The highest BCUT2D eigenvalue weighted by Crippen LogP contribution is 2.40. The molecule has 1 heterocycles. The molecule has 0 saturated carbocycles. The van der Waals surface area contributed by atoms with Gasteiger partial charge in [0.2, 0.25) is 0 Å². The number of phenolic OH excluding ortho intramolecular Hbond substituents is 1. The second kappa shape index (κ2) is 4.20. The molecule has 1 N–H and O–H groups in total. The highest BCUT2D eigenvalue weighted by molar-refractivity contribution is 6.04. The van der Waals surface area contributed by atoms with Crippen molar-refractivity contribution >= 4 is 5.78 Å². The normalized spacial score (nSPS) is 17.1. The summed E-state index contributed by atoms with van der Waals surface area (Å²) in [6.45, 7) is 4.20. The van der Waals surface area contributed by atoms with Crippen LogP contribution in [0.1, 0.15) is 36.3 Å². The van der Waals surface area contributed by atoms with Gasteiger partial charge in [-0.2, -0.15) is 5.10 Å². The zero-order chi connectivity index (χ0) is 14.5. The minimum atomic E-state index is -0.0339. The second-order valence-corrected chi connectivity index (χ2v) is 6.25. The quantitative estimate of drug-likeness (QED) is 0.866. The number of carbonyl (C=O) groups excluding carboxylic acids is 1. The Morgan fingerprint density at radius 1 is 1.25 bits per heavy atom. The molecule has 1 aliphatic carbocycles. The van der Waals surface area contributed by atoms with Crippen molar-refractivity contribution in [2.24, 2.45) is 12.5 Å². The molecule has 1 aliphatic rings. The van der Waals surface area contributed by atoms with Crippen LogP contribution in [0.3, 0.4) is 0 Å². The lowest BCUT2D eigenvalue weighted by molar-refractivity contribution is 0.0911. The van der Waals surface area contributed by atoms with Gasteiger partial charge >= 0.3 is 0 Å². The van der Waals surface area contributed by atoms with Gasteiger partial charge in [-0.05, 0) is 24.0 Å². The van der Waals surface area contributed by atoms with E-state index >= 15 is 0 Å². The highest BCUT2D eigenvalue weighted by atomic mass is 16.3. The van der Waals surface area contributed by atoms with Crippen molar-refractivity contribution in [2.45, 2.75) is 26.7 Å². The Kier molecular flexibility index (Phi) is 2.71. The molecular formula is C16H18N2O2. The molecule has 0 fully saturated rings. The molecule has 0 amide bonds. The van der Waals surface area contributed by atoms with Gasteiger partial charge in [-0.3, -0.25) is 9.48 Å². The van der Waals surface area contributed by atoms with E-state index in [1.165, 1.54) is 0 Å². The summed E-state index contributed by atoms with van der Waals surface area (Å²) in [5, 5.41) is 14.5. The Labute approximate surface area is 118 Å². The number of aromatic nitrogens is 2. The Hall–Kier alpha value is -2.10. The largest absolute Gasteiger partial charge is 0.507 e. The Balaban J connectivity index is 2.22. The van der Waals surface area contributed by atoms with E-state index < -0.39 is 0 Å². The molecule has 3 rings (SSSR count). The SMILES string of the molecule is Cn1nc(-c2ccccc2O)c2c1CC(C)(C)CC2=O. The summed E-state index contributed by atoms with van der Waals surface area (Å²) >= 11 is 0. The fourth-order valence-electron chi connectivity index (χ4n) is 2.96. The van der Waals surface area contributed by atoms with Crippen LogP contribution in [-0.4, -0.2) is 20.7 Å². The van der Waals surface area contributed by atoms with Crippen LogP contribution in [0.5, 0.6) is 5.75 Å². The zero-order valence-electron chi connectivity index (χ0n) is 12.0. The number of nitrogens with zero attached hydrogens (tertiary/aromatic N) is 2. The zero-order valence-corrected chi connectivity index (χ0v) is 12.0. The van der Waals surface area contributed by atoms with Crippen molar-refractivity contribution in [1.29, 1.82) is 0 Å². The number of hydrogen-bond donors (Lipinski definition) is 1. The van der Waals surface area contributed by atoms with E-state index in [0.29, 0.717) is 23.2 Å². The van der Waals surface area contributed by atoms with Crippen molar-refractivity contribution < 1.29 is 9.90 Å². The Morgan fingerprint density at radius 3 is 2.65 bits per heavy atom. The number of phenols is 1. The van der Waals surface area contributed by atoms with Gasteiger partial charge in [0.25, 0.3) is 0 Å². The summed E-state index contributed by atoms with van der Waals surface area (Å²) in [7, 11) is 1.86. The predicted molar refractivity (Wildman–Crippen MR) is 76.7 cm³/mol. The molecular weight excluding hydrogens is 252 g/mol. The van der Waals surface area contributed by atoms with Crippen LogP contribution in [0.4, 0.5) is 0 Å². The van der Waals surface area contributed by atoms with Crippen LogP contribution in [0, 0.1) is 5.41 Å². The topological polar surface area (TPSA) is 55.1 Å². The van der Waals surface area contributed by atoms with Crippen molar-refractivity contribution in [1.82, 2.24) is 9.78 Å². The number of Topliss-reactive ketones (excluding diaryl/α,β-unsaturated/α-hetero) is 1. The molecule has 0 unspecified atom stereocenters. The van der Waals surface area contributed by atoms with E-state index in [0.717, 1.165) is 12.1 Å². The molecule has 0 bridgehead atoms. The molecule has 1 aromatic carbocycles. The maximum Gasteiger partial charge on any atom is 0.167 e. The summed E-state index contributed by atoms with van der Waals surface area (Å²) in [4.78, 5) is 12.5. The number of aromatic hydroxyl groups is 1. The number of ketones is 1. The van der Waals surface area contributed by atoms with Gasteiger partial charge in [0.15, 0.2) is 5.78 Å². The maximum atomic E-state index is 12.5. The number of aryl methyl sites for hydroxylation is 1. The van der Waals surface area contributed by atoms with Crippen LogP contribution < -0.4 is 0 Å².